The average Bonchev–Trinajstić information content (AvgIpc) is 2.95. The van der Waals surface area contributed by atoms with Crippen molar-refractivity contribution in [1.29, 1.82) is 0 Å². The molecule has 3 aliphatic rings. The van der Waals surface area contributed by atoms with Gasteiger partial charge >= 0.3 is 6.09 Å². The van der Waals surface area contributed by atoms with Crippen LogP contribution in [-0.2, 0) is 16.2 Å². The van der Waals surface area contributed by atoms with E-state index in [0.29, 0.717) is 28.9 Å². The van der Waals surface area contributed by atoms with Crippen LogP contribution in [-0.4, -0.2) is 51.7 Å². The molecule has 5 rings (SSSR count). The monoisotopic (exact) mass is 506 g/mol. The van der Waals surface area contributed by atoms with Gasteiger partial charge in [0.25, 0.3) is 0 Å². The number of hydrogen-bond donors (Lipinski definition) is 1. The number of likely N-dealkylation sites (tertiary alicyclic amines) is 1. The zero-order chi connectivity index (χ0) is 23.7. The van der Waals surface area contributed by atoms with Crippen molar-refractivity contribution in [3.8, 4) is 11.1 Å². The molecule has 1 N–H and O–H groups in total. The zero-order valence-corrected chi connectivity index (χ0v) is 21.4. The lowest BCUT2D eigenvalue weighted by atomic mass is 9.74. The molecule has 0 aliphatic carbocycles. The number of fused-ring (bicyclic) bond motifs is 3. The van der Waals surface area contributed by atoms with E-state index in [-0.39, 0.29) is 17.4 Å². The van der Waals surface area contributed by atoms with Gasteiger partial charge in [-0.1, -0.05) is 50.0 Å². The Morgan fingerprint density at radius 2 is 1.91 bits per heavy atom. The molecule has 8 heteroatoms. The van der Waals surface area contributed by atoms with Gasteiger partial charge in [0, 0.05) is 53.0 Å². The molecule has 1 unspecified atom stereocenters. The largest absolute Gasteiger partial charge is 0.465 e. The first kappa shape index (κ1) is 23.0. The molecule has 0 spiro atoms. The molecule has 33 heavy (non-hydrogen) atoms. The molecular weight excluding hydrogens is 479 g/mol. The topological polar surface area (TPSA) is 60.9 Å². The van der Waals surface area contributed by atoms with Crippen LogP contribution in [0.15, 0.2) is 29.2 Å². The minimum atomic E-state index is -1.13. The highest BCUT2D eigenvalue weighted by Crippen LogP contribution is 2.55. The standard InChI is InChI=1S/C25H28Cl2N2O3S/c1-25(2,3)22-16(15-6-5-14(26)11-18(15)27)12-20-23-21(22)17-13-28(24(30)31)9-7-19(17)29(23)8-4-10-33(20)32/h5-6,11-12,17,19H,4,7-10,13H2,1-3H3,(H,30,31)/t17-,19+,33?/m1/s1. The molecule has 1 saturated heterocycles. The first-order valence-corrected chi connectivity index (χ1v) is 13.4. The van der Waals surface area contributed by atoms with E-state index in [9.17, 15) is 14.1 Å². The van der Waals surface area contributed by atoms with Crippen molar-refractivity contribution in [2.24, 2.45) is 0 Å². The highest BCUT2D eigenvalue weighted by Gasteiger charge is 2.48. The molecule has 176 valence electrons. The Bertz CT molecular complexity index is 1180. The maximum Gasteiger partial charge on any atom is 0.407 e. The van der Waals surface area contributed by atoms with Crippen LogP contribution in [0.25, 0.3) is 11.1 Å². The molecule has 3 heterocycles. The van der Waals surface area contributed by atoms with Crippen LogP contribution in [0.1, 0.15) is 50.7 Å². The van der Waals surface area contributed by atoms with Crippen LogP contribution < -0.4 is 4.90 Å². The van der Waals surface area contributed by atoms with Crippen molar-refractivity contribution in [1.82, 2.24) is 4.90 Å². The molecular formula is C25H28Cl2N2O3S. The third-order valence-corrected chi connectivity index (χ3v) is 9.16. The summed E-state index contributed by atoms with van der Waals surface area (Å²) in [5, 5.41) is 10.9. The summed E-state index contributed by atoms with van der Waals surface area (Å²) in [6.45, 7) is 8.38. The van der Waals surface area contributed by atoms with Gasteiger partial charge in [0.2, 0.25) is 0 Å². The van der Waals surface area contributed by atoms with Crippen LogP contribution in [0, 0.1) is 0 Å². The van der Waals surface area contributed by atoms with Gasteiger partial charge in [-0.3, -0.25) is 4.21 Å². The number of amides is 1. The van der Waals surface area contributed by atoms with E-state index >= 15 is 0 Å². The van der Waals surface area contributed by atoms with Gasteiger partial charge in [0.1, 0.15) is 0 Å². The molecule has 0 aromatic heterocycles. The number of halogens is 2. The number of rotatable bonds is 1. The number of benzene rings is 2. The van der Waals surface area contributed by atoms with Gasteiger partial charge in [0.15, 0.2) is 0 Å². The summed E-state index contributed by atoms with van der Waals surface area (Å²) in [7, 11) is -1.13. The van der Waals surface area contributed by atoms with Gasteiger partial charge < -0.3 is 14.9 Å². The molecule has 2 aromatic carbocycles. The van der Waals surface area contributed by atoms with Gasteiger partial charge in [-0.05, 0) is 53.1 Å². The quantitative estimate of drug-likeness (QED) is 0.505. The van der Waals surface area contributed by atoms with Crippen molar-refractivity contribution in [2.75, 3.05) is 30.3 Å². The van der Waals surface area contributed by atoms with E-state index in [1.807, 2.05) is 12.1 Å². The summed E-state index contributed by atoms with van der Waals surface area (Å²) in [6.07, 6.45) is 0.755. The SMILES string of the molecule is CC(C)(C)c1c(-c2ccc(Cl)cc2Cl)cc2c3c1[C@@H]1CN(C(=O)O)CC[C@@H]1N3CCCS2=O. The first-order valence-electron chi connectivity index (χ1n) is 11.4. The lowest BCUT2D eigenvalue weighted by molar-refractivity contribution is 0.127. The molecule has 3 atom stereocenters. The summed E-state index contributed by atoms with van der Waals surface area (Å²) in [4.78, 5) is 16.7. The van der Waals surface area contributed by atoms with Crippen molar-refractivity contribution < 1.29 is 14.1 Å². The highest BCUT2D eigenvalue weighted by molar-refractivity contribution is 7.85. The number of carboxylic acid groups (broad SMARTS) is 1. The third kappa shape index (κ3) is 3.75. The van der Waals surface area contributed by atoms with E-state index in [1.54, 1.807) is 6.07 Å². The summed E-state index contributed by atoms with van der Waals surface area (Å²) >= 11 is 12.9. The van der Waals surface area contributed by atoms with Gasteiger partial charge in [-0.2, -0.15) is 0 Å². The second-order valence-corrected chi connectivity index (χ2v) is 12.6. The third-order valence-electron chi connectivity index (χ3n) is 7.15. The minimum absolute atomic E-state index is 0.0407. The van der Waals surface area contributed by atoms with E-state index in [1.165, 1.54) is 4.90 Å². The number of anilines is 1. The van der Waals surface area contributed by atoms with Crippen molar-refractivity contribution in [3.63, 3.8) is 0 Å². The first-order chi connectivity index (χ1) is 15.6. The van der Waals surface area contributed by atoms with Crippen LogP contribution >= 0.6 is 23.2 Å². The van der Waals surface area contributed by atoms with Crippen LogP contribution in [0.3, 0.4) is 0 Å². The Balaban J connectivity index is 1.84. The molecule has 0 bridgehead atoms. The van der Waals surface area contributed by atoms with E-state index in [0.717, 1.165) is 52.2 Å². The van der Waals surface area contributed by atoms with E-state index in [4.69, 9.17) is 23.2 Å². The van der Waals surface area contributed by atoms with Crippen molar-refractivity contribution in [3.05, 3.63) is 45.4 Å². The maximum absolute atomic E-state index is 13.4. The predicted molar refractivity (Wildman–Crippen MR) is 135 cm³/mol. The Morgan fingerprint density at radius 3 is 2.58 bits per heavy atom. The molecule has 5 nitrogen and oxygen atoms in total. The Hall–Kier alpha value is -1.76. The van der Waals surface area contributed by atoms with Crippen molar-refractivity contribution >= 4 is 45.8 Å². The van der Waals surface area contributed by atoms with Crippen LogP contribution in [0.2, 0.25) is 10.0 Å². The lowest BCUT2D eigenvalue weighted by Crippen LogP contribution is -2.48. The van der Waals surface area contributed by atoms with Crippen LogP contribution in [0.4, 0.5) is 10.5 Å². The van der Waals surface area contributed by atoms with E-state index in [2.05, 4.69) is 31.7 Å². The lowest BCUT2D eigenvalue weighted by Gasteiger charge is -2.38. The Labute approximate surface area is 207 Å². The van der Waals surface area contributed by atoms with Gasteiger partial charge in [-0.15, -0.1) is 0 Å². The Kier molecular flexibility index (Phi) is 5.70. The molecule has 1 fully saturated rings. The number of hydrogen-bond acceptors (Lipinski definition) is 3. The average molecular weight is 507 g/mol. The summed E-state index contributed by atoms with van der Waals surface area (Å²) in [5.41, 5.74) is 5.00. The normalized spacial score (nSPS) is 24.3. The molecule has 3 aliphatic heterocycles. The molecule has 2 aromatic rings. The van der Waals surface area contributed by atoms with Crippen molar-refractivity contribution in [2.45, 2.75) is 55.9 Å². The summed E-state index contributed by atoms with van der Waals surface area (Å²) in [5.74, 6) is 0.670. The Morgan fingerprint density at radius 1 is 1.15 bits per heavy atom. The number of piperidine rings is 1. The second kappa shape index (κ2) is 8.17. The predicted octanol–water partition coefficient (Wildman–Crippen LogP) is 6.13. The van der Waals surface area contributed by atoms with Crippen LogP contribution in [0.5, 0.6) is 0 Å². The van der Waals surface area contributed by atoms with Gasteiger partial charge in [0.05, 0.1) is 21.4 Å². The minimum Gasteiger partial charge on any atom is -0.465 e. The maximum atomic E-state index is 13.4. The fourth-order valence-corrected chi connectivity index (χ4v) is 7.73. The molecule has 1 amide bonds. The summed E-state index contributed by atoms with van der Waals surface area (Å²) in [6, 6.07) is 7.81. The number of carbonyl (C=O) groups is 1. The number of nitrogens with zero attached hydrogens (tertiary/aromatic N) is 2. The highest BCUT2D eigenvalue weighted by atomic mass is 35.5. The molecule has 0 radical (unpaired) electrons. The van der Waals surface area contributed by atoms with E-state index < -0.39 is 16.9 Å². The zero-order valence-electron chi connectivity index (χ0n) is 19.0. The molecule has 0 saturated carbocycles. The fourth-order valence-electron chi connectivity index (χ4n) is 5.92. The summed E-state index contributed by atoms with van der Waals surface area (Å²) < 4.78 is 13.4. The smallest absolute Gasteiger partial charge is 0.407 e. The second-order valence-electron chi connectivity index (χ2n) is 10.2. The fraction of sp³-hybridized carbons (Fsp3) is 0.480. The van der Waals surface area contributed by atoms with Gasteiger partial charge in [-0.25, -0.2) is 4.79 Å².